The summed E-state index contributed by atoms with van der Waals surface area (Å²) in [5, 5.41) is 0.928. The van der Waals surface area contributed by atoms with Crippen LogP contribution in [0.2, 0.25) is 5.02 Å². The second-order valence-electron chi connectivity index (χ2n) is 9.50. The summed E-state index contributed by atoms with van der Waals surface area (Å²) < 4.78 is 32.7. The minimum Gasteiger partial charge on any atom is -0.467 e. The summed E-state index contributed by atoms with van der Waals surface area (Å²) in [6.07, 6.45) is 5.17. The van der Waals surface area contributed by atoms with Crippen LogP contribution in [-0.4, -0.2) is 84.4 Å². The van der Waals surface area contributed by atoms with Gasteiger partial charge in [0.25, 0.3) is 0 Å². The largest absolute Gasteiger partial charge is 0.467 e. The molecule has 4 aliphatic heterocycles. The molecule has 6 rings (SSSR count). The number of piperazine rings is 1. The highest BCUT2D eigenvalue weighted by Crippen LogP contribution is 2.38. The van der Waals surface area contributed by atoms with Crippen molar-refractivity contribution in [2.24, 2.45) is 0 Å². The van der Waals surface area contributed by atoms with Gasteiger partial charge in [-0.3, -0.25) is 9.80 Å². The van der Waals surface area contributed by atoms with Crippen LogP contribution in [0.5, 0.6) is 6.01 Å². The molecule has 0 spiro atoms. The Hall–Kier alpha value is -1.29. The first-order chi connectivity index (χ1) is 15.9. The fourth-order valence-electron chi connectivity index (χ4n) is 5.78. The monoisotopic (exact) mass is 543 g/mol. The van der Waals surface area contributed by atoms with Gasteiger partial charge in [0.15, 0.2) is 5.82 Å². The molecule has 0 aliphatic carbocycles. The molecule has 0 radical (unpaired) electrons. The summed E-state index contributed by atoms with van der Waals surface area (Å²) in [6, 6.07) is 3.49. The first-order valence-corrected chi connectivity index (χ1v) is 12.8. The Morgan fingerprint density at radius 2 is 1.85 bits per heavy atom. The number of anilines is 1. The summed E-state index contributed by atoms with van der Waals surface area (Å²) in [5.41, 5.74) is 0.222. The number of ether oxygens (including phenoxy) is 1. The molecule has 0 N–H and O–H groups in total. The van der Waals surface area contributed by atoms with Gasteiger partial charge in [0, 0.05) is 43.1 Å². The van der Waals surface area contributed by atoms with Gasteiger partial charge in [-0.25, -0.2) is 8.78 Å². The highest BCUT2D eigenvalue weighted by Gasteiger charge is 2.39. The van der Waals surface area contributed by atoms with Crippen LogP contribution in [0.15, 0.2) is 10.5 Å². The lowest BCUT2D eigenvalue weighted by Gasteiger charge is -2.39. The molecule has 1 aromatic carbocycles. The molecule has 2 bridgehead atoms. The number of hydrogen-bond donors (Lipinski definition) is 0. The maximum absolute atomic E-state index is 14.6. The van der Waals surface area contributed by atoms with Crippen LogP contribution in [0, 0.1) is 5.82 Å². The quantitative estimate of drug-likeness (QED) is 0.512. The summed E-state index contributed by atoms with van der Waals surface area (Å²) in [4.78, 5) is 15.6. The van der Waals surface area contributed by atoms with Crippen molar-refractivity contribution < 1.29 is 13.5 Å². The molecule has 0 saturated carbocycles. The topological polar surface area (TPSA) is 44.7 Å². The van der Waals surface area contributed by atoms with Crippen molar-refractivity contribution in [3.8, 4) is 6.01 Å². The van der Waals surface area contributed by atoms with E-state index >= 15 is 0 Å². The predicted octanol–water partition coefficient (Wildman–Crippen LogP) is 4.67. The number of hydrogen-bond acceptors (Lipinski definition) is 6. The molecule has 1 aromatic heterocycles. The van der Waals surface area contributed by atoms with E-state index in [0.29, 0.717) is 40.9 Å². The van der Waals surface area contributed by atoms with Gasteiger partial charge >= 0.3 is 6.01 Å². The van der Waals surface area contributed by atoms with E-state index in [0.717, 1.165) is 26.1 Å². The molecular formula is C23H29BrClF2N5O. The SMILES string of the molecule is COc1nc(N2CC3CCC(C2)N3C)c2cc(Cl)c(Br)c(F)c2n1.FC1CC2CCCN2C1. The smallest absolute Gasteiger partial charge is 0.318 e. The van der Waals surface area contributed by atoms with Crippen molar-refractivity contribution in [3.63, 3.8) is 0 Å². The predicted molar refractivity (Wildman–Crippen MR) is 130 cm³/mol. The van der Waals surface area contributed by atoms with Gasteiger partial charge in [-0.2, -0.15) is 9.97 Å². The Morgan fingerprint density at radius 3 is 2.52 bits per heavy atom. The third kappa shape index (κ3) is 4.42. The van der Waals surface area contributed by atoms with Crippen molar-refractivity contribution in [1.29, 1.82) is 0 Å². The second-order valence-corrected chi connectivity index (χ2v) is 10.7. The lowest BCUT2D eigenvalue weighted by atomic mass is 10.1. The molecule has 6 nitrogen and oxygen atoms in total. The van der Waals surface area contributed by atoms with Gasteiger partial charge in [-0.15, -0.1) is 0 Å². The lowest BCUT2D eigenvalue weighted by molar-refractivity contribution is 0.212. The lowest BCUT2D eigenvalue weighted by Crippen LogP contribution is -2.52. The van der Waals surface area contributed by atoms with Gasteiger partial charge in [0.1, 0.15) is 17.5 Å². The maximum atomic E-state index is 14.6. The molecule has 180 valence electrons. The number of rotatable bonds is 2. The van der Waals surface area contributed by atoms with E-state index in [2.05, 4.69) is 47.6 Å². The Labute approximate surface area is 206 Å². The molecule has 33 heavy (non-hydrogen) atoms. The Bertz CT molecular complexity index is 1020. The van der Waals surface area contributed by atoms with Crippen molar-refractivity contribution >= 4 is 44.3 Å². The number of likely N-dealkylation sites (N-methyl/N-ethyl adjacent to an activating group) is 1. The van der Waals surface area contributed by atoms with E-state index in [9.17, 15) is 8.78 Å². The molecule has 4 fully saturated rings. The molecule has 10 heteroatoms. The van der Waals surface area contributed by atoms with E-state index in [1.807, 2.05) is 0 Å². The van der Waals surface area contributed by atoms with Gasteiger partial charge in [-0.05, 0) is 67.7 Å². The Morgan fingerprint density at radius 1 is 1.12 bits per heavy atom. The van der Waals surface area contributed by atoms with Gasteiger partial charge in [0.05, 0.1) is 16.6 Å². The third-order valence-corrected chi connectivity index (χ3v) is 8.88. The maximum Gasteiger partial charge on any atom is 0.318 e. The van der Waals surface area contributed by atoms with Crippen LogP contribution in [0.3, 0.4) is 0 Å². The van der Waals surface area contributed by atoms with Crippen molar-refractivity contribution in [1.82, 2.24) is 19.8 Å². The summed E-state index contributed by atoms with van der Waals surface area (Å²) >= 11 is 9.35. The van der Waals surface area contributed by atoms with E-state index in [1.54, 1.807) is 6.07 Å². The molecule has 4 saturated heterocycles. The molecule has 4 atom stereocenters. The first kappa shape index (κ1) is 23.5. The number of benzene rings is 1. The van der Waals surface area contributed by atoms with Gasteiger partial charge < -0.3 is 9.64 Å². The summed E-state index contributed by atoms with van der Waals surface area (Å²) in [6.45, 7) is 3.57. The molecule has 4 unspecified atom stereocenters. The van der Waals surface area contributed by atoms with Crippen LogP contribution in [0.25, 0.3) is 10.9 Å². The number of alkyl halides is 1. The average molecular weight is 545 g/mol. The molecule has 5 heterocycles. The Kier molecular flexibility index (Phi) is 6.68. The zero-order chi connectivity index (χ0) is 23.3. The highest BCUT2D eigenvalue weighted by molar-refractivity contribution is 9.10. The number of halogens is 4. The average Bonchev–Trinajstić information content (AvgIpc) is 3.42. The fourth-order valence-corrected chi connectivity index (χ4v) is 6.28. The highest BCUT2D eigenvalue weighted by atomic mass is 79.9. The zero-order valence-electron chi connectivity index (χ0n) is 18.9. The molecular weight excluding hydrogens is 516 g/mol. The molecule has 0 amide bonds. The normalized spacial score (nSPS) is 29.3. The van der Waals surface area contributed by atoms with E-state index in [4.69, 9.17) is 16.3 Å². The van der Waals surface area contributed by atoms with Crippen molar-refractivity contribution in [2.75, 3.05) is 45.2 Å². The van der Waals surface area contributed by atoms with Gasteiger partial charge in [0.2, 0.25) is 0 Å². The van der Waals surface area contributed by atoms with Crippen LogP contribution < -0.4 is 9.64 Å². The summed E-state index contributed by atoms with van der Waals surface area (Å²) in [7, 11) is 3.66. The van der Waals surface area contributed by atoms with Crippen molar-refractivity contribution in [3.05, 3.63) is 21.4 Å². The fraction of sp³-hybridized carbons (Fsp3) is 0.652. The number of nitrogens with zero attached hydrogens (tertiary/aromatic N) is 5. The zero-order valence-corrected chi connectivity index (χ0v) is 21.2. The standard InChI is InChI=1S/C16H17BrClFN4O.C7H12FN/c1-22-8-3-4-9(22)7-23(6-8)15-10-5-11(18)12(17)13(19)14(10)20-16(21-15)24-2;8-6-4-7-2-1-3-9(7)5-6/h5,8-9H,3-4,6-7H2,1-2H3;6-7H,1-5H2. The Balaban J connectivity index is 0.000000211. The second kappa shape index (κ2) is 9.40. The first-order valence-electron chi connectivity index (χ1n) is 11.6. The van der Waals surface area contributed by atoms with E-state index in [-0.39, 0.29) is 16.0 Å². The van der Waals surface area contributed by atoms with Crippen LogP contribution in [0.4, 0.5) is 14.6 Å². The molecule has 2 aromatic rings. The van der Waals surface area contributed by atoms with E-state index in [1.165, 1.54) is 32.8 Å². The van der Waals surface area contributed by atoms with E-state index < -0.39 is 12.0 Å². The third-order valence-electron chi connectivity index (χ3n) is 7.58. The van der Waals surface area contributed by atoms with Crippen LogP contribution >= 0.6 is 27.5 Å². The number of fused-ring (bicyclic) bond motifs is 4. The number of aromatic nitrogens is 2. The van der Waals surface area contributed by atoms with Crippen LogP contribution in [0.1, 0.15) is 32.1 Å². The molecule has 4 aliphatic rings. The van der Waals surface area contributed by atoms with Gasteiger partial charge in [-0.1, -0.05) is 11.6 Å². The van der Waals surface area contributed by atoms with Crippen molar-refractivity contribution in [2.45, 2.75) is 56.4 Å². The minimum atomic E-state index is -0.518. The number of methoxy groups -OCH3 is 1. The minimum absolute atomic E-state index is 0.164. The van der Waals surface area contributed by atoms with Crippen LogP contribution in [-0.2, 0) is 0 Å². The summed E-state index contributed by atoms with van der Waals surface area (Å²) in [5.74, 6) is 0.201.